The molecule has 1 aromatic rings. The van der Waals surface area contributed by atoms with Crippen LogP contribution in [0.25, 0.3) is 0 Å². The van der Waals surface area contributed by atoms with E-state index in [1.807, 2.05) is 6.07 Å². The normalized spacial score (nSPS) is 10.9. The van der Waals surface area contributed by atoms with E-state index in [2.05, 4.69) is 25.7 Å². The number of nitrogens with two attached hydrogens (primary N) is 1. The molecular weight excluding hydrogens is 215 g/mol. The van der Waals surface area contributed by atoms with Gasteiger partial charge in [-0.1, -0.05) is 32.8 Å². The first-order chi connectivity index (χ1) is 8.13. The number of rotatable bonds is 6. The predicted molar refractivity (Wildman–Crippen MR) is 72.8 cm³/mol. The van der Waals surface area contributed by atoms with Gasteiger partial charge in [0.2, 0.25) is 0 Å². The van der Waals surface area contributed by atoms with Gasteiger partial charge in [0.1, 0.15) is 5.82 Å². The van der Waals surface area contributed by atoms with Crippen molar-refractivity contribution >= 4 is 11.4 Å². The molecule has 2 N–H and O–H groups in total. The molecule has 0 atom stereocenters. The van der Waals surface area contributed by atoms with Crippen LogP contribution < -0.4 is 10.6 Å². The zero-order chi connectivity index (χ0) is 12.8. The van der Waals surface area contributed by atoms with Gasteiger partial charge in [0.25, 0.3) is 0 Å². The first kappa shape index (κ1) is 13.8. The number of nitrogens with zero attached hydrogens (tertiary/aromatic N) is 1. The van der Waals surface area contributed by atoms with E-state index in [9.17, 15) is 4.39 Å². The fourth-order valence-electron chi connectivity index (χ4n) is 2.06. The molecule has 0 spiro atoms. The third kappa shape index (κ3) is 3.35. The zero-order valence-corrected chi connectivity index (χ0v) is 11.0. The van der Waals surface area contributed by atoms with Crippen LogP contribution >= 0.6 is 0 Å². The van der Waals surface area contributed by atoms with Crippen LogP contribution in [-0.4, -0.2) is 13.1 Å². The van der Waals surface area contributed by atoms with E-state index >= 15 is 0 Å². The van der Waals surface area contributed by atoms with Crippen LogP contribution in [0.2, 0.25) is 0 Å². The molecule has 0 heterocycles. The Bertz CT molecular complexity index is 348. The highest BCUT2D eigenvalue weighted by Crippen LogP contribution is 2.27. The van der Waals surface area contributed by atoms with Crippen LogP contribution in [0.15, 0.2) is 18.2 Å². The van der Waals surface area contributed by atoms with Crippen LogP contribution in [0.3, 0.4) is 0 Å². The summed E-state index contributed by atoms with van der Waals surface area (Å²) < 4.78 is 13.4. The van der Waals surface area contributed by atoms with Gasteiger partial charge in [0.15, 0.2) is 0 Å². The Hall–Kier alpha value is -1.25. The summed E-state index contributed by atoms with van der Waals surface area (Å²) in [6, 6.07) is 5.02. The van der Waals surface area contributed by atoms with Gasteiger partial charge in [0.05, 0.1) is 11.4 Å². The molecule has 1 rings (SSSR count). The number of hydrogen-bond donors (Lipinski definition) is 1. The maximum Gasteiger partial charge on any atom is 0.148 e. The molecule has 0 radical (unpaired) electrons. The summed E-state index contributed by atoms with van der Waals surface area (Å²) in [6.45, 7) is 8.25. The largest absolute Gasteiger partial charge is 0.395 e. The second kappa shape index (κ2) is 6.48. The molecule has 0 aliphatic rings. The van der Waals surface area contributed by atoms with Crippen LogP contribution in [0, 0.1) is 11.7 Å². The topological polar surface area (TPSA) is 29.3 Å². The Balaban J connectivity index is 2.89. The van der Waals surface area contributed by atoms with E-state index in [-0.39, 0.29) is 11.5 Å². The van der Waals surface area contributed by atoms with Gasteiger partial charge in [0, 0.05) is 13.1 Å². The lowest BCUT2D eigenvalue weighted by molar-refractivity contribution is 0.486. The second-order valence-electron chi connectivity index (χ2n) is 4.39. The summed E-state index contributed by atoms with van der Waals surface area (Å²) in [6.07, 6.45) is 2.28. The van der Waals surface area contributed by atoms with E-state index < -0.39 is 0 Å². The number of nitrogen functional groups attached to an aromatic ring is 1. The third-order valence-corrected chi connectivity index (χ3v) is 3.39. The quantitative estimate of drug-likeness (QED) is 0.766. The van der Waals surface area contributed by atoms with E-state index in [1.165, 1.54) is 6.07 Å². The minimum Gasteiger partial charge on any atom is -0.395 e. The Morgan fingerprint density at radius 2 is 1.88 bits per heavy atom. The molecule has 96 valence electrons. The Labute approximate surface area is 104 Å². The molecule has 0 saturated carbocycles. The lowest BCUT2D eigenvalue weighted by Crippen LogP contribution is -2.29. The Morgan fingerprint density at radius 3 is 2.41 bits per heavy atom. The van der Waals surface area contributed by atoms with Crippen LogP contribution in [0.1, 0.15) is 33.6 Å². The van der Waals surface area contributed by atoms with Crippen molar-refractivity contribution in [3.8, 4) is 0 Å². The van der Waals surface area contributed by atoms with E-state index in [0.29, 0.717) is 5.92 Å². The fourth-order valence-corrected chi connectivity index (χ4v) is 2.06. The van der Waals surface area contributed by atoms with Gasteiger partial charge in [-0.25, -0.2) is 4.39 Å². The lowest BCUT2D eigenvalue weighted by atomic mass is 10.0. The van der Waals surface area contributed by atoms with Gasteiger partial charge in [-0.2, -0.15) is 0 Å². The van der Waals surface area contributed by atoms with Gasteiger partial charge in [-0.15, -0.1) is 0 Å². The summed E-state index contributed by atoms with van der Waals surface area (Å²) in [5.41, 5.74) is 6.88. The Morgan fingerprint density at radius 1 is 1.24 bits per heavy atom. The van der Waals surface area contributed by atoms with Crippen LogP contribution in [0.5, 0.6) is 0 Å². The smallest absolute Gasteiger partial charge is 0.148 e. The summed E-state index contributed by atoms with van der Waals surface area (Å²) in [5, 5.41) is 0. The highest BCUT2D eigenvalue weighted by Gasteiger charge is 2.14. The zero-order valence-electron chi connectivity index (χ0n) is 11.0. The van der Waals surface area contributed by atoms with Gasteiger partial charge in [-0.05, 0) is 25.0 Å². The van der Waals surface area contributed by atoms with Gasteiger partial charge >= 0.3 is 0 Å². The van der Waals surface area contributed by atoms with Crippen molar-refractivity contribution in [2.75, 3.05) is 23.7 Å². The summed E-state index contributed by atoms with van der Waals surface area (Å²) in [4.78, 5) is 2.16. The van der Waals surface area contributed by atoms with Crippen LogP contribution in [0.4, 0.5) is 15.8 Å². The van der Waals surface area contributed by atoms with E-state index in [4.69, 9.17) is 5.73 Å². The number of para-hydroxylation sites is 1. The lowest BCUT2D eigenvalue weighted by Gasteiger charge is -2.28. The highest BCUT2D eigenvalue weighted by atomic mass is 19.1. The minimum atomic E-state index is -0.328. The number of anilines is 2. The number of halogens is 1. The molecule has 0 aromatic heterocycles. The van der Waals surface area contributed by atoms with Crippen molar-refractivity contribution in [1.82, 2.24) is 0 Å². The van der Waals surface area contributed by atoms with Crippen molar-refractivity contribution < 1.29 is 4.39 Å². The maximum absolute atomic E-state index is 13.4. The molecular formula is C14H23FN2. The summed E-state index contributed by atoms with van der Waals surface area (Å²) in [5.74, 6) is 0.308. The van der Waals surface area contributed by atoms with Gasteiger partial charge in [-0.3, -0.25) is 0 Å². The van der Waals surface area contributed by atoms with Gasteiger partial charge < -0.3 is 10.6 Å². The molecule has 0 saturated heterocycles. The molecule has 2 nitrogen and oxygen atoms in total. The van der Waals surface area contributed by atoms with Crippen molar-refractivity contribution in [2.45, 2.75) is 33.6 Å². The summed E-state index contributed by atoms with van der Waals surface area (Å²) >= 11 is 0. The van der Waals surface area contributed by atoms with Crippen LogP contribution in [-0.2, 0) is 0 Å². The molecule has 0 bridgehead atoms. The number of hydrogen-bond acceptors (Lipinski definition) is 2. The molecule has 17 heavy (non-hydrogen) atoms. The predicted octanol–water partition coefficient (Wildman–Crippen LogP) is 3.67. The average Bonchev–Trinajstić information content (AvgIpc) is 2.35. The molecule has 0 unspecified atom stereocenters. The molecule has 0 amide bonds. The van der Waals surface area contributed by atoms with Crippen molar-refractivity contribution in [1.29, 1.82) is 0 Å². The summed E-state index contributed by atoms with van der Waals surface area (Å²) in [7, 11) is 0. The highest BCUT2D eigenvalue weighted by molar-refractivity contribution is 5.68. The second-order valence-corrected chi connectivity index (χ2v) is 4.39. The first-order valence-corrected chi connectivity index (χ1v) is 6.42. The monoisotopic (exact) mass is 238 g/mol. The first-order valence-electron chi connectivity index (χ1n) is 6.42. The third-order valence-electron chi connectivity index (χ3n) is 3.39. The van der Waals surface area contributed by atoms with Crippen molar-refractivity contribution in [3.05, 3.63) is 24.0 Å². The van der Waals surface area contributed by atoms with Crippen molar-refractivity contribution in [2.24, 2.45) is 5.92 Å². The fraction of sp³-hybridized carbons (Fsp3) is 0.571. The minimum absolute atomic E-state index is 0.264. The SMILES string of the molecule is CCC(CC)CN(CC)c1cccc(F)c1N. The van der Waals surface area contributed by atoms with E-state index in [0.717, 1.165) is 31.6 Å². The van der Waals surface area contributed by atoms with Crippen molar-refractivity contribution in [3.63, 3.8) is 0 Å². The molecule has 1 aromatic carbocycles. The van der Waals surface area contributed by atoms with E-state index in [1.54, 1.807) is 6.07 Å². The maximum atomic E-state index is 13.4. The average molecular weight is 238 g/mol. The molecule has 3 heteroatoms. The Kier molecular flexibility index (Phi) is 5.26. The molecule has 0 fully saturated rings. The standard InChI is InChI=1S/C14H23FN2/c1-4-11(5-2)10-17(6-3)13-9-7-8-12(15)14(13)16/h7-9,11H,4-6,10,16H2,1-3H3. The number of benzene rings is 1. The molecule has 0 aliphatic carbocycles. The molecule has 0 aliphatic heterocycles.